The van der Waals surface area contributed by atoms with Gasteiger partial charge in [-0.25, -0.2) is 0 Å². The SMILES string of the molecule is CSCc1cc(Br)ccc1C(=O)C1C(=O)CCC(C)(C)C1=O. The normalized spacial score (nSPS) is 21.0. The molecule has 1 aliphatic carbocycles. The van der Waals surface area contributed by atoms with Gasteiger partial charge in [0.2, 0.25) is 0 Å². The Morgan fingerprint density at radius 3 is 2.68 bits per heavy atom. The Balaban J connectivity index is 2.42. The predicted molar refractivity (Wildman–Crippen MR) is 92.2 cm³/mol. The van der Waals surface area contributed by atoms with E-state index in [-0.39, 0.29) is 17.3 Å². The zero-order chi connectivity index (χ0) is 16.5. The smallest absolute Gasteiger partial charge is 0.181 e. The fraction of sp³-hybridized carbons (Fsp3) is 0.471. The fourth-order valence-corrected chi connectivity index (χ4v) is 3.70. The minimum absolute atomic E-state index is 0.243. The average molecular weight is 383 g/mol. The largest absolute Gasteiger partial charge is 0.298 e. The van der Waals surface area contributed by atoms with Gasteiger partial charge in [-0.3, -0.25) is 14.4 Å². The van der Waals surface area contributed by atoms with E-state index in [4.69, 9.17) is 0 Å². The minimum Gasteiger partial charge on any atom is -0.298 e. The number of Topliss-reactive ketones (excluding diaryl/α,β-unsaturated/α-hetero) is 3. The van der Waals surface area contributed by atoms with Crippen molar-refractivity contribution in [3.8, 4) is 0 Å². The molecule has 1 aromatic carbocycles. The molecule has 1 saturated carbocycles. The van der Waals surface area contributed by atoms with Crippen LogP contribution in [-0.2, 0) is 15.3 Å². The Morgan fingerprint density at radius 1 is 1.36 bits per heavy atom. The van der Waals surface area contributed by atoms with Crippen LogP contribution in [0.25, 0.3) is 0 Å². The van der Waals surface area contributed by atoms with Gasteiger partial charge in [0.1, 0.15) is 5.92 Å². The second kappa shape index (κ2) is 6.67. The molecule has 0 amide bonds. The number of carbonyl (C=O) groups excluding carboxylic acids is 3. The van der Waals surface area contributed by atoms with E-state index in [1.165, 1.54) is 0 Å². The lowest BCUT2D eigenvalue weighted by Gasteiger charge is -2.32. The summed E-state index contributed by atoms with van der Waals surface area (Å²) < 4.78 is 0.884. The van der Waals surface area contributed by atoms with Crippen LogP contribution in [0.1, 0.15) is 42.6 Å². The molecule has 0 radical (unpaired) electrons. The van der Waals surface area contributed by atoms with Crippen molar-refractivity contribution in [3.05, 3.63) is 33.8 Å². The molecule has 0 spiro atoms. The number of ketones is 3. The number of hydrogen-bond acceptors (Lipinski definition) is 4. The Morgan fingerprint density at radius 2 is 2.05 bits per heavy atom. The van der Waals surface area contributed by atoms with Crippen LogP contribution < -0.4 is 0 Å². The van der Waals surface area contributed by atoms with Gasteiger partial charge in [-0.15, -0.1) is 0 Å². The molecule has 2 rings (SSSR count). The van der Waals surface area contributed by atoms with Crippen LogP contribution >= 0.6 is 27.7 Å². The first-order chi connectivity index (χ1) is 10.3. The third kappa shape index (κ3) is 3.35. The standard InChI is InChI=1S/C17H19BrO3S/c1-17(2)7-6-13(19)14(16(17)21)15(20)12-5-4-11(18)8-10(12)9-22-3/h4-5,8,14H,6-7,9H2,1-3H3. The van der Waals surface area contributed by atoms with Crippen molar-refractivity contribution >= 4 is 45.0 Å². The third-order valence-electron chi connectivity index (χ3n) is 4.14. The maximum absolute atomic E-state index is 12.8. The van der Waals surface area contributed by atoms with E-state index in [2.05, 4.69) is 15.9 Å². The van der Waals surface area contributed by atoms with E-state index in [9.17, 15) is 14.4 Å². The third-order valence-corrected chi connectivity index (χ3v) is 5.24. The quantitative estimate of drug-likeness (QED) is 0.581. The summed E-state index contributed by atoms with van der Waals surface area (Å²) in [5, 5.41) is 0. The van der Waals surface area contributed by atoms with Crippen LogP contribution in [-0.4, -0.2) is 23.6 Å². The Labute approximate surface area is 143 Å². The maximum atomic E-state index is 12.8. The van der Waals surface area contributed by atoms with Crippen molar-refractivity contribution in [3.63, 3.8) is 0 Å². The first kappa shape index (κ1) is 17.4. The molecule has 0 saturated heterocycles. The van der Waals surface area contributed by atoms with Crippen LogP contribution in [0.15, 0.2) is 22.7 Å². The lowest BCUT2D eigenvalue weighted by molar-refractivity contribution is -0.140. The second-order valence-electron chi connectivity index (χ2n) is 6.25. The van der Waals surface area contributed by atoms with E-state index in [0.717, 1.165) is 10.0 Å². The van der Waals surface area contributed by atoms with E-state index < -0.39 is 11.3 Å². The molecule has 1 fully saturated rings. The molecule has 1 aromatic rings. The van der Waals surface area contributed by atoms with E-state index in [1.807, 2.05) is 26.2 Å². The summed E-state index contributed by atoms with van der Waals surface area (Å²) in [5.74, 6) is -1.30. The maximum Gasteiger partial charge on any atom is 0.181 e. The zero-order valence-corrected chi connectivity index (χ0v) is 15.3. The Hall–Kier alpha value is -0.940. The molecule has 3 nitrogen and oxygen atoms in total. The molecule has 0 aromatic heterocycles. The average Bonchev–Trinajstić information content (AvgIpc) is 2.44. The summed E-state index contributed by atoms with van der Waals surface area (Å²) in [6, 6.07) is 5.37. The van der Waals surface area contributed by atoms with Gasteiger partial charge in [-0.2, -0.15) is 11.8 Å². The predicted octanol–water partition coefficient (Wildman–Crippen LogP) is 4.07. The molecular weight excluding hydrogens is 364 g/mol. The summed E-state index contributed by atoms with van der Waals surface area (Å²) in [6.45, 7) is 3.62. The summed E-state index contributed by atoms with van der Waals surface area (Å²) in [7, 11) is 0. The lowest BCUT2D eigenvalue weighted by Crippen LogP contribution is -2.45. The van der Waals surface area contributed by atoms with Gasteiger partial charge in [-0.05, 0) is 36.4 Å². The molecule has 0 N–H and O–H groups in total. The first-order valence-corrected chi connectivity index (χ1v) is 9.35. The Kier molecular flexibility index (Phi) is 5.28. The van der Waals surface area contributed by atoms with Gasteiger partial charge in [0, 0.05) is 27.6 Å². The molecular formula is C17H19BrO3S. The molecule has 0 aliphatic heterocycles. The highest BCUT2D eigenvalue weighted by Gasteiger charge is 2.46. The fourth-order valence-electron chi connectivity index (χ4n) is 2.74. The molecule has 0 heterocycles. The molecule has 1 aliphatic rings. The van der Waals surface area contributed by atoms with Crippen molar-refractivity contribution in [2.24, 2.45) is 11.3 Å². The second-order valence-corrected chi connectivity index (χ2v) is 8.03. The molecule has 118 valence electrons. The number of carbonyl (C=O) groups is 3. The number of benzene rings is 1. The first-order valence-electron chi connectivity index (χ1n) is 7.16. The van der Waals surface area contributed by atoms with E-state index in [1.54, 1.807) is 23.9 Å². The highest BCUT2D eigenvalue weighted by molar-refractivity contribution is 9.10. The number of halogens is 1. The highest BCUT2D eigenvalue weighted by atomic mass is 79.9. The summed E-state index contributed by atoms with van der Waals surface area (Å²) >= 11 is 5.00. The van der Waals surface area contributed by atoms with Crippen LogP contribution in [0.4, 0.5) is 0 Å². The summed E-state index contributed by atoms with van der Waals surface area (Å²) in [5.41, 5.74) is 0.737. The molecule has 5 heteroatoms. The number of hydrogen-bond donors (Lipinski definition) is 0. The van der Waals surface area contributed by atoms with Crippen molar-refractivity contribution in [2.45, 2.75) is 32.4 Å². The topological polar surface area (TPSA) is 51.2 Å². The Bertz CT molecular complexity index is 637. The van der Waals surface area contributed by atoms with Crippen molar-refractivity contribution in [1.82, 2.24) is 0 Å². The highest BCUT2D eigenvalue weighted by Crippen LogP contribution is 2.36. The van der Waals surface area contributed by atoms with Gasteiger partial charge < -0.3 is 0 Å². The molecule has 22 heavy (non-hydrogen) atoms. The summed E-state index contributed by atoms with van der Waals surface area (Å²) in [6.07, 6.45) is 2.77. The van der Waals surface area contributed by atoms with E-state index >= 15 is 0 Å². The van der Waals surface area contributed by atoms with Gasteiger partial charge in [-0.1, -0.05) is 29.8 Å². The van der Waals surface area contributed by atoms with Crippen molar-refractivity contribution in [2.75, 3.05) is 6.26 Å². The van der Waals surface area contributed by atoms with Gasteiger partial charge in [0.05, 0.1) is 0 Å². The molecule has 1 unspecified atom stereocenters. The monoisotopic (exact) mass is 382 g/mol. The van der Waals surface area contributed by atoms with Crippen LogP contribution in [0.5, 0.6) is 0 Å². The van der Waals surface area contributed by atoms with E-state index in [0.29, 0.717) is 24.2 Å². The van der Waals surface area contributed by atoms with Crippen LogP contribution in [0.3, 0.4) is 0 Å². The summed E-state index contributed by atoms with van der Waals surface area (Å²) in [4.78, 5) is 37.6. The van der Waals surface area contributed by atoms with Crippen molar-refractivity contribution < 1.29 is 14.4 Å². The van der Waals surface area contributed by atoms with Crippen molar-refractivity contribution in [1.29, 1.82) is 0 Å². The van der Waals surface area contributed by atoms with Crippen LogP contribution in [0, 0.1) is 11.3 Å². The molecule has 1 atom stereocenters. The molecule has 0 bridgehead atoms. The zero-order valence-electron chi connectivity index (χ0n) is 12.9. The van der Waals surface area contributed by atoms with Gasteiger partial charge in [0.15, 0.2) is 17.3 Å². The van der Waals surface area contributed by atoms with Gasteiger partial charge >= 0.3 is 0 Å². The minimum atomic E-state index is -1.13. The number of thioether (sulfide) groups is 1. The van der Waals surface area contributed by atoms with Crippen LogP contribution in [0.2, 0.25) is 0 Å². The number of rotatable bonds is 4. The van der Waals surface area contributed by atoms with Gasteiger partial charge in [0.25, 0.3) is 0 Å². The lowest BCUT2D eigenvalue weighted by atomic mass is 9.68.